The van der Waals surface area contributed by atoms with E-state index in [0.717, 1.165) is 26.4 Å². The highest BCUT2D eigenvalue weighted by atomic mass is 35.5. The topological polar surface area (TPSA) is 35.0 Å². The minimum atomic E-state index is 0.507. The fourth-order valence-corrected chi connectivity index (χ4v) is 3.10. The molecule has 0 unspecified atom stereocenters. The van der Waals surface area contributed by atoms with Crippen molar-refractivity contribution in [2.24, 2.45) is 0 Å². The third-order valence-corrected chi connectivity index (χ3v) is 4.30. The Kier molecular flexibility index (Phi) is 3.36. The molecule has 0 aliphatic rings. The monoisotopic (exact) mass is 290 g/mol. The van der Waals surface area contributed by atoms with Crippen LogP contribution in [0.2, 0.25) is 5.15 Å². The molecule has 0 aliphatic carbocycles. The Bertz CT molecular complexity index is 709. The van der Waals surface area contributed by atoms with E-state index in [0.29, 0.717) is 11.8 Å². The SMILES string of the molecule is CCOc1ccc(-c2cc3ncnc(Cl)c3s2)cc1. The first kappa shape index (κ1) is 12.4. The van der Waals surface area contributed by atoms with Crippen LogP contribution in [0.1, 0.15) is 6.92 Å². The largest absolute Gasteiger partial charge is 0.494 e. The molecule has 96 valence electrons. The Morgan fingerprint density at radius 3 is 2.68 bits per heavy atom. The van der Waals surface area contributed by atoms with Gasteiger partial charge in [0.2, 0.25) is 0 Å². The van der Waals surface area contributed by atoms with Gasteiger partial charge in [0.25, 0.3) is 0 Å². The molecule has 0 amide bonds. The maximum atomic E-state index is 6.06. The summed E-state index contributed by atoms with van der Waals surface area (Å²) >= 11 is 7.66. The lowest BCUT2D eigenvalue weighted by Gasteiger charge is -2.03. The number of thiophene rings is 1. The standard InChI is InChI=1S/C14H11ClN2OS/c1-2-18-10-5-3-9(4-6-10)12-7-11-13(19-12)14(15)17-8-16-11/h3-8H,2H2,1H3. The van der Waals surface area contributed by atoms with Crippen molar-refractivity contribution in [1.29, 1.82) is 0 Å². The van der Waals surface area contributed by atoms with Gasteiger partial charge in [-0.3, -0.25) is 0 Å². The Morgan fingerprint density at radius 2 is 2.00 bits per heavy atom. The second-order valence-corrected chi connectivity index (χ2v) is 5.36. The number of rotatable bonds is 3. The molecule has 0 N–H and O–H groups in total. The third kappa shape index (κ3) is 2.41. The summed E-state index contributed by atoms with van der Waals surface area (Å²) in [5.74, 6) is 0.880. The highest BCUT2D eigenvalue weighted by Crippen LogP contribution is 2.35. The summed E-state index contributed by atoms with van der Waals surface area (Å²) in [5.41, 5.74) is 2.01. The molecule has 3 rings (SSSR count). The second-order valence-electron chi connectivity index (χ2n) is 3.95. The quantitative estimate of drug-likeness (QED) is 0.670. The summed E-state index contributed by atoms with van der Waals surface area (Å²) in [6.07, 6.45) is 1.49. The fraction of sp³-hybridized carbons (Fsp3) is 0.143. The Hall–Kier alpha value is -1.65. The smallest absolute Gasteiger partial charge is 0.150 e. The number of aromatic nitrogens is 2. The predicted molar refractivity (Wildman–Crippen MR) is 79.0 cm³/mol. The molecule has 5 heteroatoms. The van der Waals surface area contributed by atoms with Gasteiger partial charge in [-0.25, -0.2) is 9.97 Å². The summed E-state index contributed by atoms with van der Waals surface area (Å²) in [4.78, 5) is 9.35. The lowest BCUT2D eigenvalue weighted by atomic mass is 10.2. The Labute approximate surface area is 119 Å². The van der Waals surface area contributed by atoms with Crippen LogP contribution in [-0.4, -0.2) is 16.6 Å². The third-order valence-electron chi connectivity index (χ3n) is 2.72. The van der Waals surface area contributed by atoms with E-state index in [1.807, 2.05) is 37.3 Å². The van der Waals surface area contributed by atoms with E-state index in [2.05, 4.69) is 9.97 Å². The van der Waals surface area contributed by atoms with Gasteiger partial charge in [-0.2, -0.15) is 0 Å². The summed E-state index contributed by atoms with van der Waals surface area (Å²) in [6.45, 7) is 2.65. The first-order valence-corrected chi connectivity index (χ1v) is 7.10. The van der Waals surface area contributed by atoms with Crippen LogP contribution >= 0.6 is 22.9 Å². The molecule has 19 heavy (non-hydrogen) atoms. The molecular formula is C14H11ClN2OS. The van der Waals surface area contributed by atoms with Gasteiger partial charge in [0.05, 0.1) is 16.8 Å². The van der Waals surface area contributed by atoms with Gasteiger partial charge in [-0.1, -0.05) is 11.6 Å². The summed E-state index contributed by atoms with van der Waals surface area (Å²) in [5, 5.41) is 0.507. The van der Waals surface area contributed by atoms with E-state index in [4.69, 9.17) is 16.3 Å². The molecule has 0 fully saturated rings. The van der Waals surface area contributed by atoms with Gasteiger partial charge in [-0.05, 0) is 42.8 Å². The van der Waals surface area contributed by atoms with Gasteiger partial charge in [0.1, 0.15) is 17.2 Å². The van der Waals surface area contributed by atoms with Crippen molar-refractivity contribution in [3.63, 3.8) is 0 Å². The molecular weight excluding hydrogens is 280 g/mol. The number of ether oxygens (including phenoxy) is 1. The minimum absolute atomic E-state index is 0.507. The van der Waals surface area contributed by atoms with Crippen LogP contribution in [-0.2, 0) is 0 Å². The second kappa shape index (κ2) is 5.15. The molecule has 2 aromatic heterocycles. The average Bonchev–Trinajstić information content (AvgIpc) is 2.85. The zero-order valence-corrected chi connectivity index (χ0v) is 11.8. The lowest BCUT2D eigenvalue weighted by Crippen LogP contribution is -1.90. The van der Waals surface area contributed by atoms with Crippen molar-refractivity contribution >= 4 is 33.2 Å². The van der Waals surface area contributed by atoms with Crippen molar-refractivity contribution in [2.45, 2.75) is 6.92 Å². The van der Waals surface area contributed by atoms with E-state index in [-0.39, 0.29) is 0 Å². The van der Waals surface area contributed by atoms with Crippen LogP contribution in [0.15, 0.2) is 36.7 Å². The van der Waals surface area contributed by atoms with Crippen molar-refractivity contribution < 1.29 is 4.74 Å². The molecule has 1 aromatic carbocycles. The van der Waals surface area contributed by atoms with Crippen LogP contribution in [0.25, 0.3) is 20.7 Å². The molecule has 2 heterocycles. The van der Waals surface area contributed by atoms with Crippen LogP contribution in [0, 0.1) is 0 Å². The van der Waals surface area contributed by atoms with Gasteiger partial charge in [0, 0.05) is 4.88 Å². The van der Waals surface area contributed by atoms with Gasteiger partial charge < -0.3 is 4.74 Å². The normalized spacial score (nSPS) is 10.8. The maximum absolute atomic E-state index is 6.06. The van der Waals surface area contributed by atoms with E-state index in [1.54, 1.807) is 11.3 Å². The summed E-state index contributed by atoms with van der Waals surface area (Å²) in [6, 6.07) is 10.0. The predicted octanol–water partition coefficient (Wildman–Crippen LogP) is 4.41. The molecule has 0 bridgehead atoms. The first-order valence-electron chi connectivity index (χ1n) is 5.91. The van der Waals surface area contributed by atoms with Gasteiger partial charge >= 0.3 is 0 Å². The highest BCUT2D eigenvalue weighted by Gasteiger charge is 2.08. The highest BCUT2D eigenvalue weighted by molar-refractivity contribution is 7.22. The maximum Gasteiger partial charge on any atom is 0.150 e. The molecule has 0 saturated carbocycles. The number of hydrogen-bond donors (Lipinski definition) is 0. The van der Waals surface area contributed by atoms with Crippen LogP contribution in [0.5, 0.6) is 5.75 Å². The fourth-order valence-electron chi connectivity index (χ4n) is 1.85. The molecule has 0 atom stereocenters. The van der Waals surface area contributed by atoms with Crippen molar-refractivity contribution in [3.05, 3.63) is 41.8 Å². The number of nitrogens with zero attached hydrogens (tertiary/aromatic N) is 2. The van der Waals surface area contributed by atoms with Crippen molar-refractivity contribution in [3.8, 4) is 16.2 Å². The van der Waals surface area contributed by atoms with E-state index < -0.39 is 0 Å². The number of hydrogen-bond acceptors (Lipinski definition) is 4. The zero-order valence-electron chi connectivity index (χ0n) is 10.3. The van der Waals surface area contributed by atoms with Gasteiger partial charge in [0.15, 0.2) is 0 Å². The molecule has 0 spiro atoms. The van der Waals surface area contributed by atoms with Gasteiger partial charge in [-0.15, -0.1) is 11.3 Å². The Morgan fingerprint density at radius 1 is 1.21 bits per heavy atom. The minimum Gasteiger partial charge on any atom is -0.494 e. The number of fused-ring (bicyclic) bond motifs is 1. The van der Waals surface area contributed by atoms with E-state index in [9.17, 15) is 0 Å². The summed E-state index contributed by atoms with van der Waals surface area (Å²) < 4.78 is 6.36. The van der Waals surface area contributed by atoms with E-state index in [1.165, 1.54) is 6.33 Å². The lowest BCUT2D eigenvalue weighted by molar-refractivity contribution is 0.340. The van der Waals surface area contributed by atoms with Crippen molar-refractivity contribution in [1.82, 2.24) is 9.97 Å². The summed E-state index contributed by atoms with van der Waals surface area (Å²) in [7, 11) is 0. The Balaban J connectivity index is 2.01. The molecule has 0 radical (unpaired) electrons. The number of halogens is 1. The molecule has 0 saturated heterocycles. The average molecular weight is 291 g/mol. The van der Waals surface area contributed by atoms with Crippen LogP contribution < -0.4 is 4.74 Å². The van der Waals surface area contributed by atoms with Crippen LogP contribution in [0.4, 0.5) is 0 Å². The molecule has 0 aliphatic heterocycles. The molecule has 3 nitrogen and oxygen atoms in total. The van der Waals surface area contributed by atoms with E-state index >= 15 is 0 Å². The van der Waals surface area contributed by atoms with Crippen molar-refractivity contribution in [2.75, 3.05) is 6.61 Å². The number of benzene rings is 1. The van der Waals surface area contributed by atoms with Crippen LogP contribution in [0.3, 0.4) is 0 Å². The first-order chi connectivity index (χ1) is 9.28. The molecule has 3 aromatic rings. The zero-order chi connectivity index (χ0) is 13.2.